The largest absolute Gasteiger partial charge is 0.390 e. The van der Waals surface area contributed by atoms with E-state index < -0.39 is 11.7 Å². The first kappa shape index (κ1) is 14.2. The summed E-state index contributed by atoms with van der Waals surface area (Å²) in [5.41, 5.74) is 6.17. The SMILES string of the molecule is CCOC1(C(O)Cc2cccnc2N)CCOCC1. The number of nitrogens with two attached hydrogens (primary N) is 1. The van der Waals surface area contributed by atoms with E-state index in [4.69, 9.17) is 15.2 Å². The first-order chi connectivity index (χ1) is 9.18. The number of nitrogen functional groups attached to an aromatic ring is 1. The molecule has 1 aromatic heterocycles. The molecule has 106 valence electrons. The summed E-state index contributed by atoms with van der Waals surface area (Å²) in [5, 5.41) is 10.6. The molecule has 1 saturated heterocycles. The number of aliphatic hydroxyl groups is 1. The van der Waals surface area contributed by atoms with Gasteiger partial charge in [-0.3, -0.25) is 0 Å². The van der Waals surface area contributed by atoms with Crippen LogP contribution in [-0.2, 0) is 15.9 Å². The van der Waals surface area contributed by atoms with Gasteiger partial charge in [0.15, 0.2) is 0 Å². The Bertz CT molecular complexity index is 400. The van der Waals surface area contributed by atoms with Gasteiger partial charge < -0.3 is 20.3 Å². The molecule has 5 heteroatoms. The van der Waals surface area contributed by atoms with Crippen LogP contribution in [0.1, 0.15) is 25.3 Å². The van der Waals surface area contributed by atoms with Crippen molar-refractivity contribution in [3.8, 4) is 0 Å². The molecule has 1 aliphatic rings. The molecule has 0 spiro atoms. The monoisotopic (exact) mass is 266 g/mol. The molecule has 0 bridgehead atoms. The van der Waals surface area contributed by atoms with Crippen molar-refractivity contribution in [2.24, 2.45) is 0 Å². The van der Waals surface area contributed by atoms with Crippen LogP contribution in [0.3, 0.4) is 0 Å². The Morgan fingerprint density at radius 2 is 2.26 bits per heavy atom. The number of hydrogen-bond acceptors (Lipinski definition) is 5. The van der Waals surface area contributed by atoms with Gasteiger partial charge in [0.05, 0.1) is 11.7 Å². The third-order valence-corrected chi connectivity index (χ3v) is 3.72. The van der Waals surface area contributed by atoms with E-state index in [0.717, 1.165) is 5.56 Å². The molecule has 0 radical (unpaired) electrons. The number of hydrogen-bond donors (Lipinski definition) is 2. The maximum absolute atomic E-state index is 10.6. The highest BCUT2D eigenvalue weighted by molar-refractivity contribution is 5.39. The normalized spacial score (nSPS) is 20.1. The zero-order valence-corrected chi connectivity index (χ0v) is 11.3. The van der Waals surface area contributed by atoms with Gasteiger partial charge in [0.2, 0.25) is 0 Å². The summed E-state index contributed by atoms with van der Waals surface area (Å²) in [5.74, 6) is 0.472. The fourth-order valence-corrected chi connectivity index (χ4v) is 2.60. The van der Waals surface area contributed by atoms with E-state index in [1.54, 1.807) is 6.20 Å². The van der Waals surface area contributed by atoms with Crippen molar-refractivity contribution >= 4 is 5.82 Å². The summed E-state index contributed by atoms with van der Waals surface area (Å²) in [6.45, 7) is 3.78. The Morgan fingerprint density at radius 3 is 2.89 bits per heavy atom. The van der Waals surface area contributed by atoms with Gasteiger partial charge in [-0.25, -0.2) is 4.98 Å². The molecule has 1 aromatic rings. The lowest BCUT2D eigenvalue weighted by Gasteiger charge is -2.40. The minimum absolute atomic E-state index is 0.458. The smallest absolute Gasteiger partial charge is 0.126 e. The molecular formula is C14H22N2O3. The van der Waals surface area contributed by atoms with Crippen LogP contribution in [0.4, 0.5) is 5.82 Å². The lowest BCUT2D eigenvalue weighted by atomic mass is 9.84. The molecule has 2 heterocycles. The third kappa shape index (κ3) is 3.23. The molecule has 5 nitrogen and oxygen atoms in total. The number of rotatable bonds is 5. The molecular weight excluding hydrogens is 244 g/mol. The highest BCUT2D eigenvalue weighted by atomic mass is 16.5. The lowest BCUT2D eigenvalue weighted by molar-refractivity contribution is -0.165. The van der Waals surface area contributed by atoms with Gasteiger partial charge in [-0.1, -0.05) is 6.07 Å². The van der Waals surface area contributed by atoms with Gasteiger partial charge in [-0.15, -0.1) is 0 Å². The quantitative estimate of drug-likeness (QED) is 0.836. The maximum Gasteiger partial charge on any atom is 0.126 e. The fourth-order valence-electron chi connectivity index (χ4n) is 2.60. The molecule has 0 amide bonds. The van der Waals surface area contributed by atoms with Crippen molar-refractivity contribution in [3.63, 3.8) is 0 Å². The van der Waals surface area contributed by atoms with Gasteiger partial charge in [-0.2, -0.15) is 0 Å². The molecule has 2 rings (SSSR count). The maximum atomic E-state index is 10.6. The number of anilines is 1. The molecule has 1 aliphatic heterocycles. The van der Waals surface area contributed by atoms with Crippen LogP contribution < -0.4 is 5.73 Å². The first-order valence-corrected chi connectivity index (χ1v) is 6.77. The number of ether oxygens (including phenoxy) is 2. The van der Waals surface area contributed by atoms with E-state index in [9.17, 15) is 5.11 Å². The minimum Gasteiger partial charge on any atom is -0.390 e. The first-order valence-electron chi connectivity index (χ1n) is 6.77. The van der Waals surface area contributed by atoms with Gasteiger partial charge in [-0.05, 0) is 18.6 Å². The van der Waals surface area contributed by atoms with Crippen molar-refractivity contribution in [1.82, 2.24) is 4.98 Å². The van der Waals surface area contributed by atoms with E-state index >= 15 is 0 Å². The zero-order chi connectivity index (χ0) is 13.7. The molecule has 0 saturated carbocycles. The van der Waals surface area contributed by atoms with E-state index in [0.29, 0.717) is 44.9 Å². The summed E-state index contributed by atoms with van der Waals surface area (Å²) in [6, 6.07) is 3.72. The van der Waals surface area contributed by atoms with E-state index in [1.165, 1.54) is 0 Å². The van der Waals surface area contributed by atoms with E-state index in [-0.39, 0.29) is 0 Å². The van der Waals surface area contributed by atoms with Crippen molar-refractivity contribution in [2.75, 3.05) is 25.6 Å². The second kappa shape index (κ2) is 6.32. The number of pyridine rings is 1. The molecule has 19 heavy (non-hydrogen) atoms. The van der Waals surface area contributed by atoms with Crippen LogP contribution in [0.5, 0.6) is 0 Å². The number of aromatic nitrogens is 1. The molecule has 0 aromatic carbocycles. The average molecular weight is 266 g/mol. The summed E-state index contributed by atoms with van der Waals surface area (Å²) < 4.78 is 11.2. The van der Waals surface area contributed by atoms with E-state index in [1.807, 2.05) is 19.1 Å². The van der Waals surface area contributed by atoms with Crippen molar-refractivity contribution in [3.05, 3.63) is 23.9 Å². The number of aliphatic hydroxyl groups excluding tert-OH is 1. The van der Waals surface area contributed by atoms with Gasteiger partial charge in [0.25, 0.3) is 0 Å². The Morgan fingerprint density at radius 1 is 1.53 bits per heavy atom. The fraction of sp³-hybridized carbons (Fsp3) is 0.643. The Kier molecular flexibility index (Phi) is 4.74. The highest BCUT2D eigenvalue weighted by Crippen LogP contribution is 2.31. The van der Waals surface area contributed by atoms with Crippen LogP contribution >= 0.6 is 0 Å². The molecule has 0 aliphatic carbocycles. The van der Waals surface area contributed by atoms with Crippen LogP contribution in [0.2, 0.25) is 0 Å². The number of nitrogens with zero attached hydrogens (tertiary/aromatic N) is 1. The molecule has 1 atom stereocenters. The molecule has 1 fully saturated rings. The zero-order valence-electron chi connectivity index (χ0n) is 11.3. The Balaban J connectivity index is 2.11. The minimum atomic E-state index is -0.595. The standard InChI is InChI=1S/C14H22N2O3/c1-2-19-14(5-8-18-9-6-14)12(17)10-11-4-3-7-16-13(11)15/h3-4,7,12,17H,2,5-6,8-10H2,1H3,(H2,15,16). The second-order valence-corrected chi connectivity index (χ2v) is 4.88. The summed E-state index contributed by atoms with van der Waals surface area (Å²) in [4.78, 5) is 4.05. The van der Waals surface area contributed by atoms with Gasteiger partial charge in [0, 0.05) is 45.3 Å². The molecule has 3 N–H and O–H groups in total. The van der Waals surface area contributed by atoms with Crippen molar-refractivity contribution in [1.29, 1.82) is 0 Å². The Hall–Kier alpha value is -1.17. The van der Waals surface area contributed by atoms with Gasteiger partial charge in [0.1, 0.15) is 5.82 Å². The van der Waals surface area contributed by atoms with Crippen molar-refractivity contribution in [2.45, 2.75) is 37.9 Å². The van der Waals surface area contributed by atoms with Crippen LogP contribution in [-0.4, -0.2) is 41.6 Å². The van der Waals surface area contributed by atoms with Crippen LogP contribution in [0.25, 0.3) is 0 Å². The summed E-state index contributed by atoms with van der Waals surface area (Å²) in [6.07, 6.45) is 2.94. The van der Waals surface area contributed by atoms with Crippen LogP contribution in [0.15, 0.2) is 18.3 Å². The lowest BCUT2D eigenvalue weighted by Crippen LogP contribution is -2.50. The topological polar surface area (TPSA) is 77.6 Å². The van der Waals surface area contributed by atoms with Gasteiger partial charge >= 0.3 is 0 Å². The third-order valence-electron chi connectivity index (χ3n) is 3.72. The van der Waals surface area contributed by atoms with Crippen molar-refractivity contribution < 1.29 is 14.6 Å². The Labute approximate surface area is 113 Å². The highest BCUT2D eigenvalue weighted by Gasteiger charge is 2.40. The predicted molar refractivity (Wildman–Crippen MR) is 72.8 cm³/mol. The summed E-state index contributed by atoms with van der Waals surface area (Å²) >= 11 is 0. The second-order valence-electron chi connectivity index (χ2n) is 4.88. The van der Waals surface area contributed by atoms with Crippen LogP contribution in [0, 0.1) is 0 Å². The predicted octanol–water partition coefficient (Wildman–Crippen LogP) is 1.15. The average Bonchev–Trinajstić information content (AvgIpc) is 2.42. The molecule has 1 unspecified atom stereocenters. The van der Waals surface area contributed by atoms with E-state index in [2.05, 4.69) is 4.98 Å². The summed E-state index contributed by atoms with van der Waals surface area (Å²) in [7, 11) is 0.